The van der Waals surface area contributed by atoms with E-state index in [1.807, 2.05) is 0 Å². The minimum absolute atomic E-state index is 0.212. The SMILES string of the molecule is CC(=O)Nc1ccc(NC(=O)/C(C#N)=C\NC(C(=O)O)C(C)C)cc1. The van der Waals surface area contributed by atoms with Crippen molar-refractivity contribution in [2.45, 2.75) is 26.8 Å². The molecule has 0 aliphatic heterocycles. The first-order valence-electron chi connectivity index (χ1n) is 7.52. The summed E-state index contributed by atoms with van der Waals surface area (Å²) in [7, 11) is 0. The lowest BCUT2D eigenvalue weighted by Crippen LogP contribution is -2.38. The Labute approximate surface area is 145 Å². The molecule has 0 bridgehead atoms. The fourth-order valence-corrected chi connectivity index (χ4v) is 1.91. The van der Waals surface area contributed by atoms with E-state index in [1.54, 1.807) is 44.2 Å². The molecule has 0 saturated carbocycles. The highest BCUT2D eigenvalue weighted by Gasteiger charge is 2.20. The molecule has 0 aliphatic carbocycles. The number of carboxylic acid groups (broad SMARTS) is 1. The molecule has 1 rings (SSSR count). The third-order valence-corrected chi connectivity index (χ3v) is 3.17. The Bertz CT molecular complexity index is 717. The summed E-state index contributed by atoms with van der Waals surface area (Å²) < 4.78 is 0. The van der Waals surface area contributed by atoms with E-state index in [0.29, 0.717) is 11.4 Å². The zero-order chi connectivity index (χ0) is 19.0. The van der Waals surface area contributed by atoms with Crippen LogP contribution in [0.15, 0.2) is 36.0 Å². The van der Waals surface area contributed by atoms with E-state index >= 15 is 0 Å². The smallest absolute Gasteiger partial charge is 0.326 e. The van der Waals surface area contributed by atoms with Gasteiger partial charge in [0.1, 0.15) is 17.7 Å². The van der Waals surface area contributed by atoms with Crippen molar-refractivity contribution in [2.24, 2.45) is 5.92 Å². The molecule has 132 valence electrons. The molecule has 25 heavy (non-hydrogen) atoms. The Morgan fingerprint density at radius 2 is 1.64 bits per heavy atom. The molecule has 0 saturated heterocycles. The molecule has 8 heteroatoms. The standard InChI is InChI=1S/C17H20N4O4/c1-10(2)15(17(24)25)19-9-12(8-18)16(23)21-14-6-4-13(5-7-14)20-11(3)22/h4-7,9-10,15,19H,1-3H3,(H,20,22)(H,21,23)(H,24,25)/b12-9-. The van der Waals surface area contributed by atoms with E-state index < -0.39 is 17.9 Å². The molecule has 0 heterocycles. The fourth-order valence-electron chi connectivity index (χ4n) is 1.91. The quantitative estimate of drug-likeness (QED) is 0.440. The van der Waals surface area contributed by atoms with Crippen LogP contribution in [0.3, 0.4) is 0 Å². The molecule has 0 radical (unpaired) electrons. The summed E-state index contributed by atoms with van der Waals surface area (Å²) in [5.41, 5.74) is 0.751. The van der Waals surface area contributed by atoms with Crippen LogP contribution in [0.4, 0.5) is 11.4 Å². The molecule has 0 aliphatic rings. The summed E-state index contributed by atoms with van der Waals surface area (Å²) in [6.45, 7) is 4.80. The molecule has 1 atom stereocenters. The Balaban J connectivity index is 2.79. The number of nitrogens with one attached hydrogen (secondary N) is 3. The monoisotopic (exact) mass is 344 g/mol. The van der Waals surface area contributed by atoms with Crippen LogP contribution in [0.1, 0.15) is 20.8 Å². The number of carboxylic acids is 1. The number of nitriles is 1. The van der Waals surface area contributed by atoms with Gasteiger partial charge < -0.3 is 21.1 Å². The molecule has 0 aromatic heterocycles. The lowest BCUT2D eigenvalue weighted by atomic mass is 10.1. The van der Waals surface area contributed by atoms with Crippen molar-refractivity contribution in [3.63, 3.8) is 0 Å². The zero-order valence-electron chi connectivity index (χ0n) is 14.2. The Morgan fingerprint density at radius 1 is 1.12 bits per heavy atom. The first-order valence-corrected chi connectivity index (χ1v) is 7.52. The van der Waals surface area contributed by atoms with Gasteiger partial charge in [0.05, 0.1) is 0 Å². The lowest BCUT2D eigenvalue weighted by Gasteiger charge is -2.16. The number of carbonyl (C=O) groups excluding carboxylic acids is 2. The Morgan fingerprint density at radius 3 is 2.04 bits per heavy atom. The van der Waals surface area contributed by atoms with E-state index in [-0.39, 0.29) is 17.4 Å². The molecule has 4 N–H and O–H groups in total. The van der Waals surface area contributed by atoms with E-state index in [4.69, 9.17) is 10.4 Å². The maximum absolute atomic E-state index is 12.1. The first-order chi connectivity index (χ1) is 11.7. The summed E-state index contributed by atoms with van der Waals surface area (Å²) in [4.78, 5) is 34.2. The predicted octanol–water partition coefficient (Wildman–Crippen LogP) is 1.69. The van der Waals surface area contributed by atoms with Crippen molar-refractivity contribution in [1.29, 1.82) is 5.26 Å². The van der Waals surface area contributed by atoms with Gasteiger partial charge in [-0.2, -0.15) is 5.26 Å². The summed E-state index contributed by atoms with van der Waals surface area (Å²) in [6, 6.07) is 7.16. The molecule has 8 nitrogen and oxygen atoms in total. The van der Waals surface area contributed by atoms with Crippen LogP contribution >= 0.6 is 0 Å². The van der Waals surface area contributed by atoms with Gasteiger partial charge in [0.15, 0.2) is 0 Å². The molecule has 1 aromatic rings. The van der Waals surface area contributed by atoms with Gasteiger partial charge in [-0.1, -0.05) is 13.8 Å². The summed E-state index contributed by atoms with van der Waals surface area (Å²) in [6.07, 6.45) is 1.10. The van der Waals surface area contributed by atoms with Crippen LogP contribution in [0, 0.1) is 17.2 Å². The van der Waals surface area contributed by atoms with Crippen molar-refractivity contribution in [3.05, 3.63) is 36.0 Å². The second-order valence-corrected chi connectivity index (χ2v) is 5.61. The molecule has 0 spiro atoms. The van der Waals surface area contributed by atoms with Crippen molar-refractivity contribution < 1.29 is 19.5 Å². The first kappa shape index (κ1) is 19.7. The van der Waals surface area contributed by atoms with Gasteiger partial charge in [-0.05, 0) is 30.2 Å². The van der Waals surface area contributed by atoms with Gasteiger partial charge in [0.25, 0.3) is 5.91 Å². The highest BCUT2D eigenvalue weighted by atomic mass is 16.4. The molecular formula is C17H20N4O4. The van der Waals surface area contributed by atoms with Crippen LogP contribution in [0.2, 0.25) is 0 Å². The molecule has 2 amide bonds. The number of anilines is 2. The number of carbonyl (C=O) groups is 3. The van der Waals surface area contributed by atoms with Crippen molar-refractivity contribution in [1.82, 2.24) is 5.32 Å². The average Bonchev–Trinajstić information content (AvgIpc) is 2.52. The summed E-state index contributed by atoms with van der Waals surface area (Å²) in [5, 5.41) is 25.9. The number of benzene rings is 1. The Hall–Kier alpha value is -3.34. The predicted molar refractivity (Wildman–Crippen MR) is 92.5 cm³/mol. The number of nitrogens with zero attached hydrogens (tertiary/aromatic N) is 1. The number of hydrogen-bond donors (Lipinski definition) is 4. The minimum Gasteiger partial charge on any atom is -0.480 e. The number of hydrogen-bond acceptors (Lipinski definition) is 5. The van der Waals surface area contributed by atoms with Crippen LogP contribution in [0.25, 0.3) is 0 Å². The van der Waals surface area contributed by atoms with Gasteiger partial charge in [-0.25, -0.2) is 4.79 Å². The normalized spacial score (nSPS) is 12.0. The van der Waals surface area contributed by atoms with Gasteiger partial charge in [-0.3, -0.25) is 9.59 Å². The van der Waals surface area contributed by atoms with Crippen LogP contribution in [-0.4, -0.2) is 28.9 Å². The van der Waals surface area contributed by atoms with E-state index in [1.165, 1.54) is 6.92 Å². The molecule has 0 fully saturated rings. The molecule has 1 unspecified atom stereocenters. The van der Waals surface area contributed by atoms with Gasteiger partial charge in [-0.15, -0.1) is 0 Å². The van der Waals surface area contributed by atoms with Crippen molar-refractivity contribution in [2.75, 3.05) is 10.6 Å². The molecular weight excluding hydrogens is 324 g/mol. The van der Waals surface area contributed by atoms with Crippen LogP contribution in [0.5, 0.6) is 0 Å². The van der Waals surface area contributed by atoms with Gasteiger partial charge in [0, 0.05) is 24.5 Å². The van der Waals surface area contributed by atoms with Crippen LogP contribution in [-0.2, 0) is 14.4 Å². The van der Waals surface area contributed by atoms with Crippen molar-refractivity contribution in [3.8, 4) is 6.07 Å². The van der Waals surface area contributed by atoms with Crippen LogP contribution < -0.4 is 16.0 Å². The highest BCUT2D eigenvalue weighted by Crippen LogP contribution is 2.14. The van der Waals surface area contributed by atoms with E-state index in [9.17, 15) is 14.4 Å². The Kier molecular flexibility index (Phi) is 7.16. The largest absolute Gasteiger partial charge is 0.480 e. The van der Waals surface area contributed by atoms with E-state index in [0.717, 1.165) is 6.20 Å². The average molecular weight is 344 g/mol. The molecule has 1 aromatic carbocycles. The number of amides is 2. The zero-order valence-corrected chi connectivity index (χ0v) is 14.2. The second-order valence-electron chi connectivity index (χ2n) is 5.61. The fraction of sp³-hybridized carbons (Fsp3) is 0.294. The number of rotatable bonds is 7. The topological polar surface area (TPSA) is 131 Å². The maximum atomic E-state index is 12.1. The van der Waals surface area contributed by atoms with E-state index in [2.05, 4.69) is 16.0 Å². The third-order valence-electron chi connectivity index (χ3n) is 3.17. The second kappa shape index (κ2) is 9.08. The third kappa shape index (κ3) is 6.35. The maximum Gasteiger partial charge on any atom is 0.326 e. The number of aliphatic carboxylic acids is 1. The van der Waals surface area contributed by atoms with Gasteiger partial charge >= 0.3 is 5.97 Å². The minimum atomic E-state index is -1.07. The van der Waals surface area contributed by atoms with Gasteiger partial charge in [0.2, 0.25) is 5.91 Å². The lowest BCUT2D eigenvalue weighted by molar-refractivity contribution is -0.140. The summed E-state index contributed by atoms with van der Waals surface area (Å²) in [5.74, 6) is -2.18. The summed E-state index contributed by atoms with van der Waals surface area (Å²) >= 11 is 0. The van der Waals surface area contributed by atoms with Crippen molar-refractivity contribution >= 4 is 29.2 Å². The highest BCUT2D eigenvalue weighted by molar-refractivity contribution is 6.06.